The molecule has 3 aromatic rings. The predicted molar refractivity (Wildman–Crippen MR) is 105 cm³/mol. The number of alkyl halides is 1. The summed E-state index contributed by atoms with van der Waals surface area (Å²) in [6.07, 6.45) is 0. The van der Waals surface area contributed by atoms with Crippen molar-refractivity contribution in [2.45, 2.75) is 10.2 Å². The van der Waals surface area contributed by atoms with Crippen LogP contribution >= 0.6 is 15.9 Å². The van der Waals surface area contributed by atoms with Gasteiger partial charge in [0.05, 0.1) is 16.9 Å². The minimum Gasteiger partial charge on any atom is -0.441 e. The van der Waals surface area contributed by atoms with E-state index in [-0.39, 0.29) is 11.6 Å². The minimum absolute atomic E-state index is 0.0694. The van der Waals surface area contributed by atoms with E-state index in [1.807, 2.05) is 30.3 Å². The van der Waals surface area contributed by atoms with Crippen LogP contribution in [0, 0.1) is 26.9 Å². The van der Waals surface area contributed by atoms with Gasteiger partial charge in [0.15, 0.2) is 4.32 Å². The molecular weight excluding hydrogens is 410 g/mol. The normalized spacial score (nSPS) is 21.2. The maximum absolute atomic E-state index is 11.3. The lowest BCUT2D eigenvalue weighted by molar-refractivity contribution is -0.384. The van der Waals surface area contributed by atoms with Gasteiger partial charge in [0, 0.05) is 17.7 Å². The Morgan fingerprint density at radius 2 is 1.96 bits per heavy atom. The van der Waals surface area contributed by atoms with E-state index in [4.69, 9.17) is 10.1 Å². The number of nitro groups is 1. The van der Waals surface area contributed by atoms with Crippen molar-refractivity contribution in [2.75, 3.05) is 0 Å². The summed E-state index contributed by atoms with van der Waals surface area (Å²) in [6, 6.07) is 19.6. The van der Waals surface area contributed by atoms with E-state index in [0.29, 0.717) is 11.3 Å². The predicted octanol–water partition coefficient (Wildman–Crippen LogP) is 4.91. The minimum atomic E-state index is -1.47. The quantitative estimate of drug-likeness (QED) is 0.360. The van der Waals surface area contributed by atoms with Crippen molar-refractivity contribution in [3.8, 4) is 11.8 Å². The van der Waals surface area contributed by atoms with Gasteiger partial charge in [-0.25, -0.2) is 0 Å². The van der Waals surface area contributed by atoms with Crippen molar-refractivity contribution in [3.05, 3.63) is 81.9 Å². The van der Waals surface area contributed by atoms with E-state index in [2.05, 4.69) is 22.0 Å². The van der Waals surface area contributed by atoms with Gasteiger partial charge in [-0.3, -0.25) is 15.5 Å². The molecule has 0 aliphatic carbocycles. The molecule has 0 fully saturated rings. The average Bonchev–Trinajstić information content (AvgIpc) is 2.69. The van der Waals surface area contributed by atoms with Crippen LogP contribution < -0.4 is 4.74 Å². The zero-order valence-corrected chi connectivity index (χ0v) is 15.4. The molecule has 0 aromatic heterocycles. The number of fused-ring (bicyclic) bond motifs is 3. The highest BCUT2D eigenvalue weighted by Crippen LogP contribution is 2.51. The topological polar surface area (TPSA) is 100 Å². The number of halogens is 1. The molecule has 1 aliphatic rings. The Labute approximate surface area is 162 Å². The molecule has 7 heteroatoms. The third kappa shape index (κ3) is 2.57. The van der Waals surface area contributed by atoms with E-state index in [1.165, 1.54) is 12.1 Å². The van der Waals surface area contributed by atoms with Crippen LogP contribution in [0.5, 0.6) is 5.75 Å². The number of nitrogens with one attached hydrogen (secondary N) is 1. The molecule has 0 bridgehead atoms. The Morgan fingerprint density at radius 1 is 1.19 bits per heavy atom. The fourth-order valence-corrected chi connectivity index (χ4v) is 4.08. The van der Waals surface area contributed by atoms with Crippen LogP contribution in [-0.4, -0.2) is 15.1 Å². The smallest absolute Gasteiger partial charge is 0.269 e. The van der Waals surface area contributed by atoms with E-state index in [9.17, 15) is 15.4 Å². The van der Waals surface area contributed by atoms with Crippen molar-refractivity contribution >= 4 is 38.3 Å². The van der Waals surface area contributed by atoms with E-state index >= 15 is 0 Å². The SMILES string of the molecule is N#CC1(Br)C(=N)Oc2ccc3ccccc3c2C1c1cccc([N+](=O)[O-])c1. The van der Waals surface area contributed by atoms with Crippen LogP contribution in [-0.2, 0) is 0 Å². The molecule has 2 atom stereocenters. The Balaban J connectivity index is 2.08. The molecule has 2 unspecified atom stereocenters. The zero-order valence-electron chi connectivity index (χ0n) is 13.8. The van der Waals surface area contributed by atoms with Crippen molar-refractivity contribution in [2.24, 2.45) is 0 Å². The fourth-order valence-electron chi connectivity index (χ4n) is 3.51. The maximum Gasteiger partial charge on any atom is 0.269 e. The molecule has 27 heavy (non-hydrogen) atoms. The Bertz CT molecular complexity index is 1150. The standard InChI is InChI=1S/C20H12BrN3O3/c21-20(11-22)18(13-5-3-6-14(10-13)24(25)26)17-15-7-2-1-4-12(15)8-9-16(17)27-19(20)23/h1-10,18,23H. The second-order valence-corrected chi connectivity index (χ2v) is 7.49. The molecule has 0 amide bonds. The lowest BCUT2D eigenvalue weighted by Crippen LogP contribution is -2.44. The first-order valence-corrected chi connectivity index (χ1v) is 8.88. The summed E-state index contributed by atoms with van der Waals surface area (Å²) in [4.78, 5) is 10.8. The monoisotopic (exact) mass is 421 g/mol. The summed E-state index contributed by atoms with van der Waals surface area (Å²) in [5.74, 6) is -0.422. The fraction of sp³-hybridized carbons (Fsp3) is 0.100. The summed E-state index contributed by atoms with van der Waals surface area (Å²) in [5.41, 5.74) is 1.22. The lowest BCUT2D eigenvalue weighted by atomic mass is 9.77. The van der Waals surface area contributed by atoms with Gasteiger partial charge in [-0.05, 0) is 22.4 Å². The molecule has 4 rings (SSSR count). The summed E-state index contributed by atoms with van der Waals surface area (Å²) in [5, 5.41) is 31.2. The van der Waals surface area contributed by atoms with Gasteiger partial charge in [0.2, 0.25) is 5.90 Å². The van der Waals surface area contributed by atoms with Gasteiger partial charge >= 0.3 is 0 Å². The van der Waals surface area contributed by atoms with E-state index < -0.39 is 15.2 Å². The number of hydrogen-bond donors (Lipinski definition) is 1. The number of nitrogens with zero attached hydrogens (tertiary/aromatic N) is 2. The maximum atomic E-state index is 11.3. The molecular formula is C20H12BrN3O3. The molecule has 0 spiro atoms. The van der Waals surface area contributed by atoms with Crippen LogP contribution in [0.1, 0.15) is 17.0 Å². The number of nitriles is 1. The number of nitro benzene ring substituents is 1. The zero-order chi connectivity index (χ0) is 19.2. The van der Waals surface area contributed by atoms with Crippen LogP contribution in [0.3, 0.4) is 0 Å². The van der Waals surface area contributed by atoms with Gasteiger partial charge in [-0.15, -0.1) is 0 Å². The van der Waals surface area contributed by atoms with Gasteiger partial charge in [0.1, 0.15) is 5.75 Å². The second kappa shape index (κ2) is 6.18. The molecule has 0 radical (unpaired) electrons. The van der Waals surface area contributed by atoms with Gasteiger partial charge in [-0.2, -0.15) is 5.26 Å². The first-order valence-electron chi connectivity index (χ1n) is 8.09. The summed E-state index contributed by atoms with van der Waals surface area (Å²) >= 11 is 3.40. The van der Waals surface area contributed by atoms with Gasteiger partial charge in [-0.1, -0.05) is 58.4 Å². The van der Waals surface area contributed by atoms with Gasteiger partial charge in [0.25, 0.3) is 5.69 Å². The number of rotatable bonds is 2. The highest BCUT2D eigenvalue weighted by atomic mass is 79.9. The molecule has 3 aromatic carbocycles. The first-order chi connectivity index (χ1) is 13.0. The molecule has 6 nitrogen and oxygen atoms in total. The highest BCUT2D eigenvalue weighted by molar-refractivity contribution is 9.10. The van der Waals surface area contributed by atoms with Crippen LogP contribution in [0.15, 0.2) is 60.7 Å². The molecule has 1 heterocycles. The molecule has 132 valence electrons. The van der Waals surface area contributed by atoms with Crippen molar-refractivity contribution in [1.82, 2.24) is 0 Å². The third-order valence-corrected chi connectivity index (χ3v) is 5.73. The number of benzene rings is 3. The molecule has 1 N–H and O–H groups in total. The van der Waals surface area contributed by atoms with Crippen molar-refractivity contribution in [3.63, 3.8) is 0 Å². The van der Waals surface area contributed by atoms with Crippen LogP contribution in [0.25, 0.3) is 10.8 Å². The third-order valence-electron chi connectivity index (χ3n) is 4.74. The van der Waals surface area contributed by atoms with E-state index in [1.54, 1.807) is 18.2 Å². The Morgan fingerprint density at radius 3 is 2.70 bits per heavy atom. The lowest BCUT2D eigenvalue weighted by Gasteiger charge is -2.36. The van der Waals surface area contributed by atoms with Crippen LogP contribution in [0.4, 0.5) is 5.69 Å². The summed E-state index contributed by atoms with van der Waals surface area (Å²) in [6.45, 7) is 0. The van der Waals surface area contributed by atoms with Gasteiger partial charge < -0.3 is 4.74 Å². The average molecular weight is 422 g/mol. The first kappa shape index (κ1) is 17.2. The summed E-state index contributed by atoms with van der Waals surface area (Å²) < 4.78 is 4.18. The molecule has 1 aliphatic heterocycles. The second-order valence-electron chi connectivity index (χ2n) is 6.24. The number of non-ortho nitro benzene ring substituents is 1. The van der Waals surface area contributed by atoms with Crippen molar-refractivity contribution < 1.29 is 9.66 Å². The molecule has 0 saturated heterocycles. The number of ether oxygens (including phenoxy) is 1. The Kier molecular flexibility index (Phi) is 3.93. The summed E-state index contributed by atoms with van der Waals surface area (Å²) in [7, 11) is 0. The van der Waals surface area contributed by atoms with E-state index in [0.717, 1.165) is 16.3 Å². The largest absolute Gasteiger partial charge is 0.441 e. The van der Waals surface area contributed by atoms with Crippen LogP contribution in [0.2, 0.25) is 0 Å². The molecule has 0 saturated carbocycles. The highest BCUT2D eigenvalue weighted by Gasteiger charge is 2.50. The number of hydrogen-bond acceptors (Lipinski definition) is 5. The Hall–Kier alpha value is -3.24. The van der Waals surface area contributed by atoms with Crippen molar-refractivity contribution in [1.29, 1.82) is 10.7 Å².